The summed E-state index contributed by atoms with van der Waals surface area (Å²) in [5, 5.41) is 6.75. The lowest BCUT2D eigenvalue weighted by atomic mass is 10.1. The molecule has 7 heteroatoms. The molecule has 31 heavy (non-hydrogen) atoms. The first-order chi connectivity index (χ1) is 15.3. The Morgan fingerprint density at radius 3 is 2.55 bits per heavy atom. The minimum atomic E-state index is 0.534. The maximum absolute atomic E-state index is 5.89. The van der Waals surface area contributed by atoms with E-state index in [-0.39, 0.29) is 0 Å². The van der Waals surface area contributed by atoms with Crippen molar-refractivity contribution in [3.63, 3.8) is 0 Å². The maximum atomic E-state index is 5.89. The number of para-hydroxylation sites is 2. The van der Waals surface area contributed by atoms with Gasteiger partial charge in [0.15, 0.2) is 17.5 Å². The van der Waals surface area contributed by atoms with Gasteiger partial charge in [-0.2, -0.15) is 0 Å². The van der Waals surface area contributed by atoms with E-state index in [1.165, 1.54) is 32.4 Å². The molecule has 1 saturated heterocycles. The van der Waals surface area contributed by atoms with Crippen molar-refractivity contribution >= 4 is 5.96 Å². The van der Waals surface area contributed by atoms with Crippen molar-refractivity contribution in [3.8, 4) is 17.4 Å². The number of piperidine rings is 1. The van der Waals surface area contributed by atoms with Crippen LogP contribution in [0.4, 0.5) is 0 Å². The van der Waals surface area contributed by atoms with Gasteiger partial charge < -0.3 is 25.0 Å². The van der Waals surface area contributed by atoms with E-state index in [0.717, 1.165) is 31.2 Å². The molecule has 2 N–H and O–H groups in total. The van der Waals surface area contributed by atoms with Gasteiger partial charge in [-0.15, -0.1) is 0 Å². The first kappa shape index (κ1) is 22.9. The Morgan fingerprint density at radius 2 is 1.84 bits per heavy atom. The monoisotopic (exact) mass is 425 g/mol. The van der Waals surface area contributed by atoms with Crippen LogP contribution in [0.3, 0.4) is 0 Å². The number of hydrogen-bond donors (Lipinski definition) is 2. The van der Waals surface area contributed by atoms with E-state index in [2.05, 4.69) is 27.4 Å². The third kappa shape index (κ3) is 7.75. The SMILES string of the molecule is CCNC(=NCc1ccc(Oc2ccccc2OCC)nc1)NCCN1CCCCC1. The van der Waals surface area contributed by atoms with Crippen molar-refractivity contribution in [2.45, 2.75) is 39.7 Å². The van der Waals surface area contributed by atoms with Crippen LogP contribution in [0.15, 0.2) is 47.6 Å². The molecule has 0 unspecified atom stereocenters. The standard InChI is InChI=1S/C24H35N5O2/c1-3-25-24(26-14-17-29-15-8-5-9-16-29)28-19-20-12-13-23(27-18-20)31-22-11-7-6-10-21(22)30-4-2/h6-7,10-13,18H,3-5,8-9,14-17,19H2,1-2H3,(H2,25,26,28). The Bertz CT molecular complexity index is 804. The summed E-state index contributed by atoms with van der Waals surface area (Å²) in [6.45, 7) is 10.4. The molecule has 7 nitrogen and oxygen atoms in total. The van der Waals surface area contributed by atoms with Crippen LogP contribution in [0.1, 0.15) is 38.7 Å². The molecule has 1 aromatic heterocycles. The van der Waals surface area contributed by atoms with E-state index in [4.69, 9.17) is 14.5 Å². The predicted molar refractivity (Wildman–Crippen MR) is 125 cm³/mol. The van der Waals surface area contributed by atoms with E-state index in [1.54, 1.807) is 6.20 Å². The van der Waals surface area contributed by atoms with Gasteiger partial charge in [0.25, 0.3) is 0 Å². The highest BCUT2D eigenvalue weighted by Crippen LogP contribution is 2.30. The zero-order valence-electron chi connectivity index (χ0n) is 18.8. The summed E-state index contributed by atoms with van der Waals surface area (Å²) >= 11 is 0. The minimum absolute atomic E-state index is 0.534. The van der Waals surface area contributed by atoms with Crippen molar-refractivity contribution in [1.29, 1.82) is 0 Å². The third-order valence-electron chi connectivity index (χ3n) is 5.09. The normalized spacial score (nSPS) is 14.8. The lowest BCUT2D eigenvalue weighted by molar-refractivity contribution is 0.232. The average molecular weight is 426 g/mol. The van der Waals surface area contributed by atoms with Gasteiger partial charge in [0.2, 0.25) is 5.88 Å². The van der Waals surface area contributed by atoms with Crippen molar-refractivity contribution in [3.05, 3.63) is 48.2 Å². The van der Waals surface area contributed by atoms with Gasteiger partial charge in [0.1, 0.15) is 0 Å². The number of nitrogens with zero attached hydrogens (tertiary/aromatic N) is 3. The van der Waals surface area contributed by atoms with Crippen LogP contribution in [0.2, 0.25) is 0 Å². The van der Waals surface area contributed by atoms with E-state index in [0.29, 0.717) is 30.5 Å². The molecule has 1 fully saturated rings. The summed E-state index contributed by atoms with van der Waals surface area (Å²) < 4.78 is 11.5. The number of pyridine rings is 1. The van der Waals surface area contributed by atoms with E-state index >= 15 is 0 Å². The van der Waals surface area contributed by atoms with Crippen LogP contribution in [-0.2, 0) is 6.54 Å². The number of guanidine groups is 1. The Balaban J connectivity index is 1.51. The van der Waals surface area contributed by atoms with Crippen LogP contribution in [0, 0.1) is 0 Å². The predicted octanol–water partition coefficient (Wildman–Crippen LogP) is 3.81. The Morgan fingerprint density at radius 1 is 1.03 bits per heavy atom. The van der Waals surface area contributed by atoms with Crippen molar-refractivity contribution in [1.82, 2.24) is 20.5 Å². The second kappa shape index (κ2) is 12.8. The van der Waals surface area contributed by atoms with Crippen molar-refractivity contribution < 1.29 is 9.47 Å². The zero-order valence-corrected chi connectivity index (χ0v) is 18.8. The van der Waals surface area contributed by atoms with E-state index in [9.17, 15) is 0 Å². The summed E-state index contributed by atoms with van der Waals surface area (Å²) in [6, 6.07) is 11.5. The molecule has 2 aromatic rings. The van der Waals surface area contributed by atoms with Gasteiger partial charge >= 0.3 is 0 Å². The summed E-state index contributed by atoms with van der Waals surface area (Å²) in [5.74, 6) is 2.75. The third-order valence-corrected chi connectivity index (χ3v) is 5.09. The number of rotatable bonds is 10. The Hall–Kier alpha value is -2.80. The molecule has 168 valence electrons. The molecular formula is C24H35N5O2. The number of benzene rings is 1. The molecule has 0 amide bonds. The maximum Gasteiger partial charge on any atom is 0.219 e. The number of ether oxygens (including phenoxy) is 2. The quantitative estimate of drug-likeness (QED) is 0.446. The summed E-state index contributed by atoms with van der Waals surface area (Å²) in [7, 11) is 0. The Kier molecular flexibility index (Phi) is 9.44. The molecule has 0 aliphatic carbocycles. The highest BCUT2D eigenvalue weighted by atomic mass is 16.5. The lowest BCUT2D eigenvalue weighted by Crippen LogP contribution is -2.42. The second-order valence-corrected chi connectivity index (χ2v) is 7.51. The fraction of sp³-hybridized carbons (Fsp3) is 0.500. The molecule has 0 spiro atoms. The largest absolute Gasteiger partial charge is 0.490 e. The summed E-state index contributed by atoms with van der Waals surface area (Å²) in [4.78, 5) is 11.6. The first-order valence-electron chi connectivity index (χ1n) is 11.4. The molecule has 0 atom stereocenters. The molecular weight excluding hydrogens is 390 g/mol. The molecule has 0 radical (unpaired) electrons. The van der Waals surface area contributed by atoms with Crippen LogP contribution >= 0.6 is 0 Å². The average Bonchev–Trinajstić information content (AvgIpc) is 2.80. The number of likely N-dealkylation sites (tertiary alicyclic amines) is 1. The fourth-order valence-corrected chi connectivity index (χ4v) is 3.51. The first-order valence-corrected chi connectivity index (χ1v) is 11.4. The lowest BCUT2D eigenvalue weighted by Gasteiger charge is -2.26. The zero-order chi connectivity index (χ0) is 21.7. The number of hydrogen-bond acceptors (Lipinski definition) is 5. The fourth-order valence-electron chi connectivity index (χ4n) is 3.51. The van der Waals surface area contributed by atoms with Crippen LogP contribution < -0.4 is 20.1 Å². The Labute approximate surface area is 185 Å². The molecule has 1 aliphatic rings. The van der Waals surface area contributed by atoms with Gasteiger partial charge in [-0.3, -0.25) is 0 Å². The minimum Gasteiger partial charge on any atom is -0.490 e. The molecule has 1 aromatic carbocycles. The topological polar surface area (TPSA) is 71.0 Å². The number of aliphatic imine (C=N–C) groups is 1. The summed E-state index contributed by atoms with van der Waals surface area (Å²) in [5.41, 5.74) is 1.03. The van der Waals surface area contributed by atoms with Crippen molar-refractivity contribution in [2.75, 3.05) is 39.3 Å². The van der Waals surface area contributed by atoms with Crippen LogP contribution in [-0.4, -0.2) is 55.2 Å². The molecule has 3 rings (SSSR count). The highest BCUT2D eigenvalue weighted by Gasteiger charge is 2.09. The number of nitrogens with one attached hydrogen (secondary N) is 2. The molecule has 2 heterocycles. The van der Waals surface area contributed by atoms with Gasteiger partial charge in [-0.25, -0.2) is 9.98 Å². The van der Waals surface area contributed by atoms with Gasteiger partial charge in [0.05, 0.1) is 13.2 Å². The number of aromatic nitrogens is 1. The van der Waals surface area contributed by atoms with Crippen LogP contribution in [0.25, 0.3) is 0 Å². The van der Waals surface area contributed by atoms with Crippen molar-refractivity contribution in [2.24, 2.45) is 4.99 Å². The van der Waals surface area contributed by atoms with E-state index in [1.807, 2.05) is 43.3 Å². The highest BCUT2D eigenvalue weighted by molar-refractivity contribution is 5.79. The smallest absolute Gasteiger partial charge is 0.219 e. The van der Waals surface area contributed by atoms with Crippen LogP contribution in [0.5, 0.6) is 17.4 Å². The molecule has 0 saturated carbocycles. The molecule has 0 bridgehead atoms. The molecule has 1 aliphatic heterocycles. The summed E-state index contributed by atoms with van der Waals surface area (Å²) in [6.07, 6.45) is 5.81. The second-order valence-electron chi connectivity index (χ2n) is 7.51. The van der Waals surface area contributed by atoms with Gasteiger partial charge in [0, 0.05) is 31.9 Å². The van der Waals surface area contributed by atoms with E-state index < -0.39 is 0 Å². The van der Waals surface area contributed by atoms with Gasteiger partial charge in [-0.1, -0.05) is 24.6 Å². The van der Waals surface area contributed by atoms with Gasteiger partial charge in [-0.05, 0) is 57.5 Å².